The highest BCUT2D eigenvalue weighted by atomic mass is 32.2. The number of carbonyl (C=O) groups is 5. The molecule has 3 heterocycles. The lowest BCUT2D eigenvalue weighted by Crippen LogP contribution is -2.46. The molecule has 0 unspecified atom stereocenters. The largest absolute Gasteiger partial charge is 0.507 e. The van der Waals surface area contributed by atoms with E-state index < -0.39 is 95.5 Å². The van der Waals surface area contributed by atoms with Crippen molar-refractivity contribution in [1.82, 2.24) is 10.6 Å². The van der Waals surface area contributed by atoms with Gasteiger partial charge >= 0.3 is 11.8 Å². The molecule has 3 aliphatic heterocycles. The van der Waals surface area contributed by atoms with E-state index in [9.17, 15) is 44.4 Å². The summed E-state index contributed by atoms with van der Waals surface area (Å²) in [6, 6.07) is 1.20. The summed E-state index contributed by atoms with van der Waals surface area (Å²) < 4.78 is 29.7. The standard InChI is InChI=1S/C51H73N5O14S/c1-11-12-13-20-53-37(52)18-15-22-71-25-39(59)55-26-54-38(58)24-67-36-23-34-46(63)41-40(36)42-48(32(7)45(41)62)70-51(9,49(42)64)68-21-19-35(66-10)29(4)47(69-33(8)57)31(6)44(61)30(5)43(60)27(2)16-14-17-28(3)50(65)56-34/h14,16-17,19,21,23,27,29-31,35,43-44,47,60-63H,11-13,15,18,20,22,24-26H2,1-10H3,(H2,52,53)(H,54,58)(H,55,59)(H,56,65)/t27-,29+,30+,31+,35-,43-,44+,47+,51-/m0/s1. The predicted octanol–water partition coefficient (Wildman–Crippen LogP) is 5.68. The van der Waals surface area contributed by atoms with E-state index >= 15 is 0 Å². The Morgan fingerprint density at radius 3 is 2.34 bits per heavy atom. The monoisotopic (exact) mass is 1010 g/mol. The number of methoxy groups -OCH3 is 1. The molecule has 5 rings (SSSR count). The number of allylic oxidation sites excluding steroid dienone is 2. The van der Waals surface area contributed by atoms with Crippen molar-refractivity contribution < 1.29 is 68.1 Å². The SMILES string of the molecule is CCCCCN=C(N)CCCSCC(=O)NCNC(=O)COc1cc2c(O)c3c(O)c(C)c4c(c13)C(=O)[C@@](C)(OC=C[C@H](OC)[C@@H](C)[C@@H](OC(C)=O)[C@H](C)[C@H](O)[C@H](C)[C@@H](O)[C@@H](C)C=CC=C(C)C(=O)N2)O4. The number of rotatable bonds is 17. The summed E-state index contributed by atoms with van der Waals surface area (Å²) in [6.45, 7) is 14.3. The van der Waals surface area contributed by atoms with Gasteiger partial charge < -0.3 is 65.8 Å². The average molecular weight is 1010 g/mol. The topological polar surface area (TPSA) is 287 Å². The van der Waals surface area contributed by atoms with Crippen LogP contribution in [0.5, 0.6) is 23.0 Å². The molecule has 0 saturated carbocycles. The molecule has 0 spiro atoms. The number of Topliss-reactive ketones (excluding diaryl/α,β-unsaturated/α-hetero) is 1. The third-order valence-corrected chi connectivity index (χ3v) is 13.8. The number of phenols is 2. The second kappa shape index (κ2) is 26.6. The molecule has 20 heteroatoms. The first kappa shape index (κ1) is 57.7. The van der Waals surface area contributed by atoms with Crippen molar-refractivity contribution in [3.8, 4) is 23.0 Å². The third kappa shape index (κ3) is 14.9. The van der Waals surface area contributed by atoms with Crippen LogP contribution in [0.25, 0.3) is 10.8 Å². The predicted molar refractivity (Wildman–Crippen MR) is 271 cm³/mol. The minimum absolute atomic E-state index is 0.0294. The summed E-state index contributed by atoms with van der Waals surface area (Å²) in [6.07, 6.45) is 7.96. The second-order valence-electron chi connectivity index (χ2n) is 18.3. The van der Waals surface area contributed by atoms with Crippen molar-refractivity contribution in [3.63, 3.8) is 0 Å². The molecule has 0 aromatic heterocycles. The Morgan fingerprint density at radius 1 is 0.958 bits per heavy atom. The van der Waals surface area contributed by atoms with Crippen LogP contribution in [0.3, 0.4) is 0 Å². The first-order chi connectivity index (χ1) is 33.6. The molecular weight excluding hydrogens is 939 g/mol. The summed E-state index contributed by atoms with van der Waals surface area (Å²) in [5.41, 5.74) is 5.76. The lowest BCUT2D eigenvalue weighted by molar-refractivity contribution is -0.160. The highest BCUT2D eigenvalue weighted by Gasteiger charge is 2.50. The minimum Gasteiger partial charge on any atom is -0.507 e. The van der Waals surface area contributed by atoms with Crippen molar-refractivity contribution in [1.29, 1.82) is 0 Å². The highest BCUT2D eigenvalue weighted by Crippen LogP contribution is 2.54. The number of amides is 3. The van der Waals surface area contributed by atoms with Crippen LogP contribution in [0, 0.1) is 30.6 Å². The number of nitrogens with two attached hydrogens (primary N) is 1. The number of ketones is 1. The van der Waals surface area contributed by atoms with Crippen molar-refractivity contribution in [2.45, 2.75) is 125 Å². The Balaban J connectivity index is 1.67. The van der Waals surface area contributed by atoms with Gasteiger partial charge in [-0.2, -0.15) is 11.8 Å². The quantitative estimate of drug-likeness (QED) is 0.0236. The first-order valence-electron chi connectivity index (χ1n) is 24.0. The number of amidine groups is 1. The van der Waals surface area contributed by atoms with Crippen molar-refractivity contribution >= 4 is 63.5 Å². The number of nitrogens with zero attached hydrogens (tertiary/aromatic N) is 1. The van der Waals surface area contributed by atoms with Gasteiger partial charge in [-0.15, -0.1) is 0 Å². The number of hydrogen-bond acceptors (Lipinski definition) is 16. The number of carbonyl (C=O) groups excluding carboxylic acids is 5. The van der Waals surface area contributed by atoms with Crippen LogP contribution >= 0.6 is 11.8 Å². The van der Waals surface area contributed by atoms with E-state index in [-0.39, 0.29) is 63.0 Å². The molecule has 2 aromatic rings. The molecule has 0 radical (unpaired) electrons. The van der Waals surface area contributed by atoms with Gasteiger partial charge in [0.05, 0.1) is 59.5 Å². The Labute approximate surface area is 420 Å². The molecule has 5 bridgehead atoms. The number of aliphatic hydroxyl groups excluding tert-OH is 2. The van der Waals surface area contributed by atoms with Gasteiger partial charge in [0.25, 0.3) is 17.6 Å². The fourth-order valence-electron chi connectivity index (χ4n) is 8.42. The lowest BCUT2D eigenvalue weighted by atomic mass is 9.78. The lowest BCUT2D eigenvalue weighted by Gasteiger charge is -2.38. The Bertz CT molecular complexity index is 2370. The number of nitrogens with one attached hydrogen (secondary N) is 3. The van der Waals surface area contributed by atoms with E-state index in [1.165, 1.54) is 71.0 Å². The van der Waals surface area contributed by atoms with Crippen molar-refractivity contribution in [2.24, 2.45) is 34.4 Å². The van der Waals surface area contributed by atoms with Crippen LogP contribution in [-0.2, 0) is 33.4 Å². The number of benzene rings is 2. The number of fused-ring (bicyclic) bond motifs is 14. The van der Waals surface area contributed by atoms with Gasteiger partial charge in [0.15, 0.2) is 12.4 Å². The first-order valence-corrected chi connectivity index (χ1v) is 25.1. The van der Waals surface area contributed by atoms with E-state index in [1.807, 2.05) is 0 Å². The van der Waals surface area contributed by atoms with Gasteiger partial charge in [0, 0.05) is 80.2 Å². The number of aliphatic imine (C=N–C) groups is 1. The number of phenolic OH excluding ortho intramolecular Hbond substituents is 2. The minimum atomic E-state index is -2.08. The molecule has 392 valence electrons. The Morgan fingerprint density at radius 2 is 1.66 bits per heavy atom. The summed E-state index contributed by atoms with van der Waals surface area (Å²) >= 11 is 1.42. The number of aliphatic hydroxyl groups is 2. The Kier molecular flexibility index (Phi) is 21.6. The van der Waals surface area contributed by atoms with E-state index in [0.717, 1.165) is 25.7 Å². The van der Waals surface area contributed by atoms with Gasteiger partial charge in [-0.25, -0.2) is 0 Å². The fraction of sp³-hybridized carbons (Fsp3) is 0.569. The normalized spacial score (nSPS) is 25.3. The maximum Gasteiger partial charge on any atom is 0.312 e. The maximum absolute atomic E-state index is 14.6. The van der Waals surface area contributed by atoms with Crippen LogP contribution in [-0.4, -0.2) is 124 Å². The van der Waals surface area contributed by atoms with Crippen molar-refractivity contribution in [2.75, 3.05) is 43.8 Å². The molecular formula is C51H73N5O14S. The highest BCUT2D eigenvalue weighted by molar-refractivity contribution is 7.99. The number of ether oxygens (including phenoxy) is 5. The van der Waals surface area contributed by atoms with Gasteiger partial charge in [-0.1, -0.05) is 65.7 Å². The Hall–Kier alpha value is -5.83. The number of esters is 1. The molecule has 0 aliphatic carbocycles. The number of aromatic hydroxyl groups is 2. The molecule has 0 saturated heterocycles. The summed E-state index contributed by atoms with van der Waals surface area (Å²) in [7, 11) is 1.42. The van der Waals surface area contributed by atoms with Gasteiger partial charge in [-0.3, -0.25) is 29.0 Å². The second-order valence-corrected chi connectivity index (χ2v) is 19.4. The number of thioether (sulfide) groups is 1. The number of unbranched alkanes of at least 4 members (excludes halogenated alkanes) is 2. The zero-order valence-electron chi connectivity index (χ0n) is 42.5. The fourth-order valence-corrected chi connectivity index (χ4v) is 9.20. The van der Waals surface area contributed by atoms with E-state index in [4.69, 9.17) is 29.4 Å². The zero-order chi connectivity index (χ0) is 52.7. The summed E-state index contributed by atoms with van der Waals surface area (Å²) in [4.78, 5) is 70.7. The molecule has 9 atom stereocenters. The summed E-state index contributed by atoms with van der Waals surface area (Å²) in [5, 5.41) is 53.7. The third-order valence-electron chi connectivity index (χ3n) is 12.8. The van der Waals surface area contributed by atoms with Crippen LogP contribution in [0.4, 0.5) is 5.69 Å². The molecule has 9 N–H and O–H groups in total. The smallest absolute Gasteiger partial charge is 0.312 e. The molecule has 0 fully saturated rings. The van der Waals surface area contributed by atoms with E-state index in [2.05, 4.69) is 27.9 Å². The van der Waals surface area contributed by atoms with Gasteiger partial charge in [-0.05, 0) is 38.5 Å². The summed E-state index contributed by atoms with van der Waals surface area (Å²) in [5.74, 6) is -7.79. The van der Waals surface area contributed by atoms with Crippen LogP contribution in [0.15, 0.2) is 47.2 Å². The zero-order valence-corrected chi connectivity index (χ0v) is 43.3. The molecule has 3 amide bonds. The van der Waals surface area contributed by atoms with Crippen LogP contribution < -0.4 is 31.2 Å². The van der Waals surface area contributed by atoms with Crippen LogP contribution in [0.2, 0.25) is 0 Å². The molecule has 71 heavy (non-hydrogen) atoms. The number of anilines is 1. The maximum atomic E-state index is 14.6. The average Bonchev–Trinajstić information content (AvgIpc) is 3.59. The van der Waals surface area contributed by atoms with Crippen LogP contribution in [0.1, 0.15) is 103 Å². The van der Waals surface area contributed by atoms with Crippen molar-refractivity contribution in [3.05, 3.63) is 53.3 Å². The van der Waals surface area contributed by atoms with E-state index in [0.29, 0.717) is 24.6 Å². The number of hydrogen-bond donors (Lipinski definition) is 8. The molecule has 2 aromatic carbocycles. The van der Waals surface area contributed by atoms with E-state index in [1.54, 1.807) is 39.8 Å². The van der Waals surface area contributed by atoms with Gasteiger partial charge in [0.2, 0.25) is 5.91 Å². The molecule has 19 nitrogen and oxygen atoms in total. The van der Waals surface area contributed by atoms with Gasteiger partial charge in [0.1, 0.15) is 23.4 Å². The molecule has 3 aliphatic rings.